The lowest BCUT2D eigenvalue weighted by Crippen LogP contribution is -2.57. The highest BCUT2D eigenvalue weighted by Crippen LogP contribution is 2.39. The van der Waals surface area contributed by atoms with Gasteiger partial charge in [-0.15, -0.1) is 0 Å². The molecule has 0 bridgehead atoms. The summed E-state index contributed by atoms with van der Waals surface area (Å²) in [6, 6.07) is 0.215. The minimum atomic E-state index is -0.691. The van der Waals surface area contributed by atoms with E-state index in [2.05, 4.69) is 24.1 Å². The molecule has 2 aliphatic rings. The van der Waals surface area contributed by atoms with E-state index in [0.29, 0.717) is 5.41 Å². The number of nitrogens with one attached hydrogen (secondary N) is 1. The molecule has 0 amide bonds. The molecule has 0 aromatic rings. The highest BCUT2D eigenvalue weighted by molar-refractivity contribution is 5.79. The van der Waals surface area contributed by atoms with E-state index in [1.165, 1.54) is 6.42 Å². The van der Waals surface area contributed by atoms with E-state index < -0.39 is 11.5 Å². The van der Waals surface area contributed by atoms with Gasteiger partial charge < -0.3 is 10.0 Å². The lowest BCUT2D eigenvalue weighted by molar-refractivity contribution is -0.147. The fraction of sp³-hybridized carbons (Fsp3) is 0.941. The Morgan fingerprint density at radius 1 is 1.38 bits per heavy atom. The molecule has 1 heterocycles. The van der Waals surface area contributed by atoms with Gasteiger partial charge in [0.2, 0.25) is 0 Å². The van der Waals surface area contributed by atoms with Gasteiger partial charge in [-0.3, -0.25) is 10.1 Å². The monoisotopic (exact) mass is 296 g/mol. The third-order valence-electron chi connectivity index (χ3n) is 5.30. The van der Waals surface area contributed by atoms with E-state index in [-0.39, 0.29) is 12.0 Å². The summed E-state index contributed by atoms with van der Waals surface area (Å²) in [6.07, 6.45) is 5.11. The van der Waals surface area contributed by atoms with Crippen molar-refractivity contribution >= 4 is 5.97 Å². The van der Waals surface area contributed by atoms with Crippen molar-refractivity contribution in [3.63, 3.8) is 0 Å². The van der Waals surface area contributed by atoms with Crippen LogP contribution in [0.25, 0.3) is 0 Å². The Kier molecular flexibility index (Phi) is 4.99. The Hall–Kier alpha value is -0.610. The molecule has 2 rings (SSSR count). The lowest BCUT2D eigenvalue weighted by Gasteiger charge is -2.35. The molecule has 4 nitrogen and oxygen atoms in total. The molecule has 0 spiro atoms. The van der Waals surface area contributed by atoms with E-state index in [4.69, 9.17) is 0 Å². The fourth-order valence-corrected chi connectivity index (χ4v) is 4.27. The van der Waals surface area contributed by atoms with Gasteiger partial charge in [0.25, 0.3) is 0 Å². The largest absolute Gasteiger partial charge is 0.480 e. The highest BCUT2D eigenvalue weighted by atomic mass is 16.4. The van der Waals surface area contributed by atoms with Crippen molar-refractivity contribution in [1.82, 2.24) is 10.2 Å². The normalized spacial score (nSPS) is 32.9. The highest BCUT2D eigenvalue weighted by Gasteiger charge is 2.49. The van der Waals surface area contributed by atoms with Crippen LogP contribution in [0, 0.1) is 11.3 Å². The Balaban J connectivity index is 1.96. The molecule has 0 aromatic heterocycles. The number of nitrogens with zero attached hydrogens (tertiary/aromatic N) is 1. The van der Waals surface area contributed by atoms with Crippen LogP contribution < -0.4 is 5.32 Å². The molecule has 0 radical (unpaired) electrons. The van der Waals surface area contributed by atoms with Crippen LogP contribution in [0.15, 0.2) is 0 Å². The van der Waals surface area contributed by atoms with Crippen LogP contribution in [0.2, 0.25) is 0 Å². The first-order valence-corrected chi connectivity index (χ1v) is 8.49. The SMILES string of the molecule is CC(C)NC1(C(=O)O)CCCC1CCN1CCC(C)(C)C1. The van der Waals surface area contributed by atoms with E-state index in [1.54, 1.807) is 0 Å². The Morgan fingerprint density at radius 3 is 2.62 bits per heavy atom. The molecule has 1 saturated carbocycles. The van der Waals surface area contributed by atoms with Crippen molar-refractivity contribution in [1.29, 1.82) is 0 Å². The molecule has 2 unspecified atom stereocenters. The van der Waals surface area contributed by atoms with Crippen LogP contribution in [0.3, 0.4) is 0 Å². The first-order chi connectivity index (χ1) is 9.75. The van der Waals surface area contributed by atoms with E-state index in [0.717, 1.165) is 45.3 Å². The third-order valence-corrected chi connectivity index (χ3v) is 5.30. The molecule has 1 aliphatic carbocycles. The van der Waals surface area contributed by atoms with Crippen molar-refractivity contribution in [3.8, 4) is 0 Å². The summed E-state index contributed by atoms with van der Waals surface area (Å²) in [4.78, 5) is 14.4. The molecule has 1 aliphatic heterocycles. The van der Waals surface area contributed by atoms with Crippen LogP contribution in [-0.2, 0) is 4.79 Å². The van der Waals surface area contributed by atoms with E-state index >= 15 is 0 Å². The van der Waals surface area contributed by atoms with Crippen molar-refractivity contribution in [2.75, 3.05) is 19.6 Å². The second-order valence-corrected chi connectivity index (χ2v) is 8.14. The summed E-state index contributed by atoms with van der Waals surface area (Å²) in [7, 11) is 0. The number of aliphatic carboxylic acids is 1. The predicted octanol–water partition coefficient (Wildman–Crippen LogP) is 2.73. The van der Waals surface area contributed by atoms with Gasteiger partial charge in [-0.25, -0.2) is 0 Å². The quantitative estimate of drug-likeness (QED) is 0.791. The minimum Gasteiger partial charge on any atom is -0.480 e. The number of carboxylic acids is 1. The molecule has 21 heavy (non-hydrogen) atoms. The number of rotatable bonds is 6. The molecule has 4 heteroatoms. The summed E-state index contributed by atoms with van der Waals surface area (Å²) < 4.78 is 0. The number of likely N-dealkylation sites (tertiary alicyclic amines) is 1. The Morgan fingerprint density at radius 2 is 2.10 bits per heavy atom. The maximum atomic E-state index is 11.9. The Bertz CT molecular complexity index is 381. The topological polar surface area (TPSA) is 52.6 Å². The van der Waals surface area contributed by atoms with Crippen molar-refractivity contribution in [2.45, 2.75) is 71.4 Å². The second-order valence-electron chi connectivity index (χ2n) is 8.14. The minimum absolute atomic E-state index is 0.215. The molecule has 1 saturated heterocycles. The van der Waals surface area contributed by atoms with Gasteiger partial charge in [0.15, 0.2) is 0 Å². The maximum Gasteiger partial charge on any atom is 0.324 e. The van der Waals surface area contributed by atoms with Crippen LogP contribution in [0.1, 0.15) is 59.8 Å². The van der Waals surface area contributed by atoms with Gasteiger partial charge in [0, 0.05) is 12.6 Å². The standard InChI is InChI=1S/C17H32N2O2/c1-13(2)18-17(15(20)21)8-5-6-14(17)7-10-19-11-9-16(3,4)12-19/h13-14,18H,5-12H2,1-4H3,(H,20,21). The van der Waals surface area contributed by atoms with Gasteiger partial charge in [0.1, 0.15) is 5.54 Å². The lowest BCUT2D eigenvalue weighted by atomic mass is 9.83. The number of carboxylic acid groups (broad SMARTS) is 1. The molecule has 0 aromatic carbocycles. The van der Waals surface area contributed by atoms with Crippen LogP contribution in [-0.4, -0.2) is 47.2 Å². The Labute approximate surface area is 129 Å². The third kappa shape index (κ3) is 3.78. The van der Waals surface area contributed by atoms with Gasteiger partial charge in [-0.1, -0.05) is 20.3 Å². The smallest absolute Gasteiger partial charge is 0.324 e. The fourth-order valence-electron chi connectivity index (χ4n) is 4.27. The molecule has 2 atom stereocenters. The van der Waals surface area contributed by atoms with Crippen LogP contribution in [0.4, 0.5) is 0 Å². The molecule has 2 N–H and O–H groups in total. The number of hydrogen-bond donors (Lipinski definition) is 2. The van der Waals surface area contributed by atoms with E-state index in [9.17, 15) is 9.90 Å². The average Bonchev–Trinajstić information content (AvgIpc) is 2.90. The zero-order valence-electron chi connectivity index (χ0n) is 14.1. The van der Waals surface area contributed by atoms with Gasteiger partial charge in [-0.05, 0) is 64.0 Å². The maximum absolute atomic E-state index is 11.9. The zero-order valence-corrected chi connectivity index (χ0v) is 14.1. The first-order valence-electron chi connectivity index (χ1n) is 8.49. The van der Waals surface area contributed by atoms with Crippen molar-refractivity contribution < 1.29 is 9.90 Å². The zero-order chi connectivity index (χ0) is 15.7. The summed E-state index contributed by atoms with van der Waals surface area (Å²) in [6.45, 7) is 12.1. The van der Waals surface area contributed by atoms with Gasteiger partial charge >= 0.3 is 5.97 Å². The van der Waals surface area contributed by atoms with Gasteiger partial charge in [0.05, 0.1) is 0 Å². The molecule has 122 valence electrons. The van der Waals surface area contributed by atoms with E-state index in [1.807, 2.05) is 13.8 Å². The van der Waals surface area contributed by atoms with Crippen molar-refractivity contribution in [3.05, 3.63) is 0 Å². The molecular formula is C17H32N2O2. The van der Waals surface area contributed by atoms with Crippen molar-refractivity contribution in [2.24, 2.45) is 11.3 Å². The second kappa shape index (κ2) is 6.25. The van der Waals surface area contributed by atoms with Crippen LogP contribution in [0.5, 0.6) is 0 Å². The predicted molar refractivity (Wildman–Crippen MR) is 85.4 cm³/mol. The van der Waals surface area contributed by atoms with Crippen LogP contribution >= 0.6 is 0 Å². The molecular weight excluding hydrogens is 264 g/mol. The summed E-state index contributed by atoms with van der Waals surface area (Å²) >= 11 is 0. The summed E-state index contributed by atoms with van der Waals surface area (Å²) in [5.41, 5.74) is -0.265. The average molecular weight is 296 g/mol. The first kappa shape index (κ1) is 16.8. The summed E-state index contributed by atoms with van der Waals surface area (Å²) in [5, 5.41) is 13.2. The number of hydrogen-bond acceptors (Lipinski definition) is 3. The molecule has 2 fully saturated rings. The number of carbonyl (C=O) groups is 1. The summed E-state index contributed by atoms with van der Waals surface area (Å²) in [5.74, 6) is -0.387. The van der Waals surface area contributed by atoms with Gasteiger partial charge in [-0.2, -0.15) is 0 Å².